The number of carbonyl (C=O) groups is 1. The number of nitrogens with zero attached hydrogens (tertiary/aromatic N) is 5. The molecule has 2 heterocycles. The maximum absolute atomic E-state index is 13.5. The van der Waals surface area contributed by atoms with E-state index in [4.69, 9.17) is 0 Å². The lowest BCUT2D eigenvalue weighted by Crippen LogP contribution is -2.38. The molecule has 0 N–H and O–H groups in total. The van der Waals surface area contributed by atoms with Crippen LogP contribution in [0.15, 0.2) is 53.9 Å². The van der Waals surface area contributed by atoms with Crippen molar-refractivity contribution in [3.05, 3.63) is 54.6 Å². The van der Waals surface area contributed by atoms with E-state index in [1.165, 1.54) is 23.9 Å². The molecule has 0 aliphatic carbocycles. The zero-order valence-electron chi connectivity index (χ0n) is 18.3. The molecule has 0 fully saturated rings. The summed E-state index contributed by atoms with van der Waals surface area (Å²) in [5.74, 6) is 1.43. The van der Waals surface area contributed by atoms with Gasteiger partial charge in [0, 0.05) is 36.7 Å². The lowest BCUT2D eigenvalue weighted by molar-refractivity contribution is -0.129. The van der Waals surface area contributed by atoms with E-state index in [9.17, 15) is 9.18 Å². The molecule has 31 heavy (non-hydrogen) atoms. The molecule has 6 nitrogen and oxygen atoms in total. The van der Waals surface area contributed by atoms with Crippen molar-refractivity contribution in [2.75, 3.05) is 18.8 Å². The Balaban J connectivity index is 1.88. The van der Waals surface area contributed by atoms with Crippen molar-refractivity contribution in [2.45, 2.75) is 32.9 Å². The molecule has 3 rings (SSSR count). The number of benzene rings is 1. The summed E-state index contributed by atoms with van der Waals surface area (Å²) in [6.07, 6.45) is 3.37. The zero-order valence-corrected chi connectivity index (χ0v) is 19.1. The number of thioether (sulfide) groups is 1. The predicted octanol–water partition coefficient (Wildman–Crippen LogP) is 4.70. The Bertz CT molecular complexity index is 979. The number of halogens is 1. The highest BCUT2D eigenvalue weighted by molar-refractivity contribution is 7.99. The first-order valence-electron chi connectivity index (χ1n) is 10.4. The van der Waals surface area contributed by atoms with Crippen molar-refractivity contribution in [1.82, 2.24) is 24.6 Å². The highest BCUT2D eigenvalue weighted by atomic mass is 32.2. The smallest absolute Gasteiger partial charge is 0.233 e. The first kappa shape index (κ1) is 22.9. The summed E-state index contributed by atoms with van der Waals surface area (Å²) in [7, 11) is 0. The number of pyridine rings is 1. The molecule has 1 aromatic carbocycles. The largest absolute Gasteiger partial charge is 0.341 e. The average Bonchev–Trinajstić information content (AvgIpc) is 3.16. The number of aromatic nitrogens is 4. The third-order valence-electron chi connectivity index (χ3n) is 4.51. The minimum Gasteiger partial charge on any atom is -0.341 e. The summed E-state index contributed by atoms with van der Waals surface area (Å²) in [5.41, 5.74) is 1.57. The lowest BCUT2D eigenvalue weighted by atomic mass is 10.1. The fourth-order valence-electron chi connectivity index (χ4n) is 3.25. The Morgan fingerprint density at radius 2 is 1.61 bits per heavy atom. The molecule has 0 spiro atoms. The van der Waals surface area contributed by atoms with Crippen molar-refractivity contribution in [3.63, 3.8) is 0 Å². The maximum Gasteiger partial charge on any atom is 0.233 e. The van der Waals surface area contributed by atoms with Gasteiger partial charge in [0.05, 0.1) is 5.75 Å². The SMILES string of the molecule is CC(C)CN(CC(C)C)C(=O)CSc1nnc(-c2ccncc2)n1-c1ccc(F)cc1. The second-order valence-corrected chi connectivity index (χ2v) is 9.17. The summed E-state index contributed by atoms with van der Waals surface area (Å²) >= 11 is 1.34. The van der Waals surface area contributed by atoms with Crippen LogP contribution in [0.1, 0.15) is 27.7 Å². The molecule has 0 aliphatic rings. The zero-order chi connectivity index (χ0) is 22.4. The van der Waals surface area contributed by atoms with Crippen molar-refractivity contribution in [2.24, 2.45) is 11.8 Å². The molecule has 0 bridgehead atoms. The van der Waals surface area contributed by atoms with Gasteiger partial charge in [0.2, 0.25) is 5.91 Å². The molecule has 3 aromatic rings. The topological polar surface area (TPSA) is 63.9 Å². The van der Waals surface area contributed by atoms with Gasteiger partial charge in [-0.3, -0.25) is 14.3 Å². The second kappa shape index (κ2) is 10.5. The molecule has 0 unspecified atom stereocenters. The van der Waals surface area contributed by atoms with Crippen LogP contribution in [0.25, 0.3) is 17.1 Å². The highest BCUT2D eigenvalue weighted by Gasteiger charge is 2.20. The highest BCUT2D eigenvalue weighted by Crippen LogP contribution is 2.28. The fourth-order valence-corrected chi connectivity index (χ4v) is 4.11. The molecular formula is C23H28FN5OS. The standard InChI is InChI=1S/C23H28FN5OS/c1-16(2)13-28(14-17(3)4)21(30)15-31-23-27-26-22(18-9-11-25-12-10-18)29(23)20-7-5-19(24)6-8-20/h5-12,16-17H,13-15H2,1-4H3. The number of amides is 1. The third-order valence-corrected chi connectivity index (χ3v) is 5.42. The summed E-state index contributed by atoms with van der Waals surface area (Å²) in [6.45, 7) is 9.90. The molecule has 2 aromatic heterocycles. The fraction of sp³-hybridized carbons (Fsp3) is 0.391. The van der Waals surface area contributed by atoms with Crippen LogP contribution in [0.3, 0.4) is 0 Å². The summed E-state index contributed by atoms with van der Waals surface area (Å²) in [5, 5.41) is 9.27. The van der Waals surface area contributed by atoms with Crippen LogP contribution in [0, 0.1) is 17.7 Å². The van der Waals surface area contributed by atoms with Gasteiger partial charge < -0.3 is 4.90 Å². The van der Waals surface area contributed by atoms with E-state index in [0.29, 0.717) is 22.8 Å². The van der Waals surface area contributed by atoms with Crippen LogP contribution in [0.5, 0.6) is 0 Å². The molecule has 0 atom stereocenters. The van der Waals surface area contributed by atoms with Crippen LogP contribution in [0.2, 0.25) is 0 Å². The normalized spacial score (nSPS) is 11.3. The molecule has 1 amide bonds. The number of carbonyl (C=O) groups excluding carboxylic acids is 1. The van der Waals surface area contributed by atoms with E-state index in [-0.39, 0.29) is 17.5 Å². The van der Waals surface area contributed by atoms with E-state index >= 15 is 0 Å². The summed E-state index contributed by atoms with van der Waals surface area (Å²) in [4.78, 5) is 18.9. The molecular weight excluding hydrogens is 413 g/mol. The van der Waals surface area contributed by atoms with Crippen molar-refractivity contribution in [1.29, 1.82) is 0 Å². The molecule has 0 saturated carbocycles. The molecule has 164 valence electrons. The first-order valence-corrected chi connectivity index (χ1v) is 11.4. The number of hydrogen-bond acceptors (Lipinski definition) is 5. The van der Waals surface area contributed by atoms with Crippen LogP contribution in [0.4, 0.5) is 4.39 Å². The van der Waals surface area contributed by atoms with Crippen LogP contribution < -0.4 is 0 Å². The van der Waals surface area contributed by atoms with E-state index in [2.05, 4.69) is 42.9 Å². The Kier molecular flexibility index (Phi) is 7.79. The van der Waals surface area contributed by atoms with E-state index in [0.717, 1.165) is 24.3 Å². The van der Waals surface area contributed by atoms with Crippen LogP contribution in [-0.2, 0) is 4.79 Å². The first-order chi connectivity index (χ1) is 14.8. The maximum atomic E-state index is 13.5. The second-order valence-electron chi connectivity index (χ2n) is 8.23. The molecule has 8 heteroatoms. The average molecular weight is 442 g/mol. The molecule has 0 aliphatic heterocycles. The van der Waals surface area contributed by atoms with Gasteiger partial charge in [-0.15, -0.1) is 10.2 Å². The van der Waals surface area contributed by atoms with Gasteiger partial charge >= 0.3 is 0 Å². The van der Waals surface area contributed by atoms with Gasteiger partial charge in [-0.2, -0.15) is 0 Å². The van der Waals surface area contributed by atoms with E-state index in [1.54, 1.807) is 24.5 Å². The Morgan fingerprint density at radius 3 is 2.19 bits per heavy atom. The monoisotopic (exact) mass is 441 g/mol. The van der Waals surface area contributed by atoms with Crippen molar-refractivity contribution in [3.8, 4) is 17.1 Å². The van der Waals surface area contributed by atoms with Gasteiger partial charge in [-0.25, -0.2) is 4.39 Å². The van der Waals surface area contributed by atoms with E-state index in [1.807, 2.05) is 21.6 Å². The van der Waals surface area contributed by atoms with E-state index < -0.39 is 0 Å². The molecule has 0 saturated heterocycles. The third kappa shape index (κ3) is 6.13. The summed E-state index contributed by atoms with van der Waals surface area (Å²) in [6, 6.07) is 9.85. The minimum atomic E-state index is -0.315. The van der Waals surface area contributed by atoms with Gasteiger partial charge in [0.25, 0.3) is 0 Å². The van der Waals surface area contributed by atoms with Gasteiger partial charge in [0.1, 0.15) is 5.82 Å². The van der Waals surface area contributed by atoms with Gasteiger partial charge in [-0.05, 0) is 48.2 Å². The van der Waals surface area contributed by atoms with Crippen LogP contribution >= 0.6 is 11.8 Å². The quantitative estimate of drug-likeness (QED) is 0.450. The Hall–Kier alpha value is -2.74. The Labute approximate surface area is 186 Å². The molecule has 0 radical (unpaired) electrons. The lowest BCUT2D eigenvalue weighted by Gasteiger charge is -2.26. The summed E-state index contributed by atoms with van der Waals surface area (Å²) < 4.78 is 15.3. The predicted molar refractivity (Wildman–Crippen MR) is 122 cm³/mol. The van der Waals surface area contributed by atoms with Gasteiger partial charge in [-0.1, -0.05) is 39.5 Å². The van der Waals surface area contributed by atoms with Gasteiger partial charge in [0.15, 0.2) is 11.0 Å². The van der Waals surface area contributed by atoms with Crippen LogP contribution in [-0.4, -0.2) is 49.4 Å². The number of rotatable bonds is 9. The van der Waals surface area contributed by atoms with Crippen molar-refractivity contribution < 1.29 is 9.18 Å². The minimum absolute atomic E-state index is 0.0755. The van der Waals surface area contributed by atoms with Crippen molar-refractivity contribution >= 4 is 17.7 Å². The Morgan fingerprint density at radius 1 is 1.00 bits per heavy atom. The number of hydrogen-bond donors (Lipinski definition) is 0.